The fraction of sp³-hybridized carbons (Fsp3) is 0. The van der Waals surface area contributed by atoms with Crippen LogP contribution >= 0.6 is 11.8 Å². The van der Waals surface area contributed by atoms with Crippen molar-refractivity contribution in [3.05, 3.63) is 75.1 Å². The number of non-ortho nitro benzene ring substituents is 1. The zero-order chi connectivity index (χ0) is 15.5. The Morgan fingerprint density at radius 3 is 2.41 bits per heavy atom. The quantitative estimate of drug-likeness (QED) is 0.453. The van der Waals surface area contributed by atoms with Crippen LogP contribution in [-0.2, 0) is 0 Å². The normalized spacial score (nSPS) is 10.5. The lowest BCUT2D eigenvalue weighted by atomic mass is 10.3. The first-order valence-electron chi connectivity index (χ1n) is 6.26. The molecule has 8 heteroatoms. The van der Waals surface area contributed by atoms with Crippen molar-refractivity contribution in [2.75, 3.05) is 0 Å². The van der Waals surface area contributed by atoms with Crippen LogP contribution in [-0.4, -0.2) is 10.2 Å². The summed E-state index contributed by atoms with van der Waals surface area (Å²) in [4.78, 5) is 22.7. The van der Waals surface area contributed by atoms with Crippen LogP contribution < -0.4 is 10.3 Å². The fourth-order valence-corrected chi connectivity index (χ4v) is 2.70. The van der Waals surface area contributed by atoms with Crippen LogP contribution in [0.4, 0.5) is 5.69 Å². The number of aromatic nitrogens is 2. The van der Waals surface area contributed by atoms with E-state index in [0.717, 1.165) is 5.69 Å². The van der Waals surface area contributed by atoms with E-state index >= 15 is 0 Å². The molecule has 0 radical (unpaired) electrons. The minimum absolute atomic E-state index is 0.00129. The molecule has 1 heterocycles. The largest absolute Gasteiger partial charge is 0.442 e. The molecule has 1 N–H and O–H groups in total. The molecule has 22 heavy (non-hydrogen) atoms. The summed E-state index contributed by atoms with van der Waals surface area (Å²) in [6.07, 6.45) is 0. The maximum absolute atomic E-state index is 11.8. The first-order chi connectivity index (χ1) is 10.6. The summed E-state index contributed by atoms with van der Waals surface area (Å²) in [7, 11) is 0. The van der Waals surface area contributed by atoms with E-state index in [4.69, 9.17) is 4.52 Å². The highest BCUT2D eigenvalue weighted by Crippen LogP contribution is 2.25. The summed E-state index contributed by atoms with van der Waals surface area (Å²) in [6.45, 7) is 0. The summed E-state index contributed by atoms with van der Waals surface area (Å²) in [5, 5.41) is 13.5. The average Bonchev–Trinajstić information content (AvgIpc) is 2.90. The second-order valence-corrected chi connectivity index (χ2v) is 5.37. The number of benzene rings is 2. The maximum Gasteiger partial charge on any atom is 0.442 e. The van der Waals surface area contributed by atoms with Crippen molar-refractivity contribution < 1.29 is 14.1 Å². The molecule has 0 atom stereocenters. The van der Waals surface area contributed by atoms with Gasteiger partial charge in [-0.2, -0.15) is 0 Å². The van der Waals surface area contributed by atoms with Gasteiger partial charge in [0.15, 0.2) is 0 Å². The number of nitro groups is 1. The molecule has 0 fully saturated rings. The van der Waals surface area contributed by atoms with Crippen molar-refractivity contribution in [3.8, 4) is 5.69 Å². The number of para-hydroxylation sites is 1. The second-order valence-electron chi connectivity index (χ2n) is 4.31. The van der Waals surface area contributed by atoms with E-state index in [-0.39, 0.29) is 5.69 Å². The molecule has 2 aromatic carbocycles. The van der Waals surface area contributed by atoms with E-state index in [1.54, 1.807) is 12.1 Å². The number of nitro benzene ring substituents is 1. The molecule has 0 unspecified atom stereocenters. The Balaban J connectivity index is 1.94. The fourth-order valence-electron chi connectivity index (χ4n) is 1.85. The molecule has 0 aliphatic rings. The number of rotatable bonds is 4. The van der Waals surface area contributed by atoms with Gasteiger partial charge in [-0.1, -0.05) is 18.2 Å². The van der Waals surface area contributed by atoms with E-state index in [9.17, 15) is 14.9 Å². The van der Waals surface area contributed by atoms with Crippen molar-refractivity contribution in [2.45, 2.75) is 9.92 Å². The van der Waals surface area contributed by atoms with Crippen LogP contribution in [0.25, 0.3) is 5.69 Å². The number of nitrogens with zero attached hydrogens (tertiary/aromatic N) is 2. The van der Waals surface area contributed by atoms with E-state index in [1.807, 2.05) is 30.3 Å². The second kappa shape index (κ2) is 5.86. The van der Waals surface area contributed by atoms with Gasteiger partial charge in [0.05, 0.1) is 4.92 Å². The van der Waals surface area contributed by atoms with Gasteiger partial charge in [0.25, 0.3) is 5.69 Å². The van der Waals surface area contributed by atoms with Gasteiger partial charge in [-0.25, -0.2) is 4.79 Å². The molecular weight excluding hydrogens is 306 g/mol. The Bertz CT molecular complexity index is 856. The van der Waals surface area contributed by atoms with Gasteiger partial charge >= 0.3 is 10.7 Å². The highest BCUT2D eigenvalue weighted by Gasteiger charge is 2.24. The summed E-state index contributed by atoms with van der Waals surface area (Å²) >= 11 is 1.17. The molecule has 3 aromatic rings. The lowest BCUT2D eigenvalue weighted by Crippen LogP contribution is -2.35. The minimum atomic E-state index is -0.507. The number of H-pyrrole nitrogens is 1. The summed E-state index contributed by atoms with van der Waals surface area (Å²) in [5.74, 6) is 0. The third-order valence-corrected chi connectivity index (χ3v) is 3.93. The molecule has 0 saturated heterocycles. The van der Waals surface area contributed by atoms with Gasteiger partial charge < -0.3 is 0 Å². The Morgan fingerprint density at radius 2 is 1.77 bits per heavy atom. The van der Waals surface area contributed by atoms with Crippen LogP contribution in [0.3, 0.4) is 0 Å². The predicted molar refractivity (Wildman–Crippen MR) is 78.1 cm³/mol. The van der Waals surface area contributed by atoms with Crippen molar-refractivity contribution in [2.24, 2.45) is 0 Å². The summed E-state index contributed by atoms with van der Waals surface area (Å²) < 4.78 is 6.36. The molecule has 0 spiro atoms. The monoisotopic (exact) mass is 316 g/mol. The summed E-state index contributed by atoms with van der Waals surface area (Å²) in [5.41, 5.74) is 0.242. The maximum atomic E-state index is 11.8. The number of hydrogen-bond donors (Lipinski definition) is 1. The summed E-state index contributed by atoms with van der Waals surface area (Å²) in [6, 6.07) is 15.2. The third-order valence-electron chi connectivity index (χ3n) is 2.88. The van der Waals surface area contributed by atoms with Crippen molar-refractivity contribution in [3.63, 3.8) is 0 Å². The van der Waals surface area contributed by atoms with Gasteiger partial charge in [0.1, 0.15) is 0 Å². The molecule has 7 nitrogen and oxygen atoms in total. The highest BCUT2D eigenvalue weighted by molar-refractivity contribution is 7.99. The van der Waals surface area contributed by atoms with Crippen LogP contribution in [0, 0.1) is 10.1 Å². The van der Waals surface area contributed by atoms with Crippen LogP contribution in [0.2, 0.25) is 0 Å². The zero-order valence-corrected chi connectivity index (χ0v) is 11.9. The molecule has 0 amide bonds. The lowest BCUT2D eigenvalue weighted by Gasteiger charge is -1.96. The Morgan fingerprint density at radius 1 is 1.09 bits per heavy atom. The van der Waals surface area contributed by atoms with Crippen molar-refractivity contribution in [1.29, 1.82) is 0 Å². The number of hydrogen-bond acceptors (Lipinski definition) is 5. The Labute approximate surface area is 128 Å². The van der Waals surface area contributed by atoms with Crippen LogP contribution in [0.1, 0.15) is 0 Å². The zero-order valence-electron chi connectivity index (χ0n) is 11.1. The highest BCUT2D eigenvalue weighted by atomic mass is 32.2. The van der Waals surface area contributed by atoms with E-state index in [0.29, 0.717) is 9.92 Å². The predicted octanol–water partition coefficient (Wildman–Crippen LogP) is 2.30. The van der Waals surface area contributed by atoms with Crippen molar-refractivity contribution in [1.82, 2.24) is 5.27 Å². The third kappa shape index (κ3) is 2.77. The molecule has 0 aliphatic heterocycles. The molecule has 1 aromatic heterocycles. The van der Waals surface area contributed by atoms with Gasteiger partial charge in [-0.15, -0.1) is 0 Å². The van der Waals surface area contributed by atoms with Crippen molar-refractivity contribution >= 4 is 17.4 Å². The van der Waals surface area contributed by atoms with Gasteiger partial charge in [-0.3, -0.25) is 14.6 Å². The first-order valence-corrected chi connectivity index (χ1v) is 7.08. The topological polar surface area (TPSA) is 93.0 Å². The smallest absolute Gasteiger partial charge is 0.282 e. The van der Waals surface area contributed by atoms with Gasteiger partial charge in [0, 0.05) is 29.2 Å². The van der Waals surface area contributed by atoms with Crippen LogP contribution in [0.5, 0.6) is 0 Å². The van der Waals surface area contributed by atoms with Gasteiger partial charge in [0.2, 0.25) is 5.69 Å². The number of aromatic amines is 1. The molecule has 0 saturated carbocycles. The lowest BCUT2D eigenvalue weighted by molar-refractivity contribution is -0.704. The van der Waals surface area contributed by atoms with E-state index in [2.05, 4.69) is 5.27 Å². The van der Waals surface area contributed by atoms with E-state index in [1.165, 1.54) is 28.6 Å². The molecule has 110 valence electrons. The number of nitrogens with one attached hydrogen (secondary N) is 1. The standard InChI is InChI=1S/C14H9N3O4S/c18-14-13(16(15-21-14)10-4-2-1-3-5-10)22-12-8-6-11(7-9-12)17(19)20/h1-9H/p+1. The molecule has 0 aliphatic carbocycles. The average molecular weight is 316 g/mol. The first kappa shape index (κ1) is 14.1. The molecule has 3 rings (SSSR count). The Kier molecular flexibility index (Phi) is 3.75. The van der Waals surface area contributed by atoms with Gasteiger partial charge in [-0.05, 0) is 33.8 Å². The molecular formula is C14H10N3O4S+. The Hall–Kier alpha value is -2.87. The van der Waals surface area contributed by atoms with E-state index < -0.39 is 10.5 Å². The SMILES string of the molecule is O=c1o[nH][n+](-c2ccccc2)c1Sc1ccc([N+](=O)[O-])cc1. The van der Waals surface area contributed by atoms with Crippen LogP contribution in [0.15, 0.2) is 73.8 Å². The minimum Gasteiger partial charge on any atom is -0.282 e. The molecule has 0 bridgehead atoms.